The zero-order chi connectivity index (χ0) is 17.7. The molecule has 0 aliphatic carbocycles. The van der Waals surface area contributed by atoms with Gasteiger partial charge in [0.15, 0.2) is 5.82 Å². The molecule has 1 spiro atoms. The highest BCUT2D eigenvalue weighted by atomic mass is 32.2. The lowest BCUT2D eigenvalue weighted by Gasteiger charge is -2.50. The Bertz CT molecular complexity index is 841. The molecular weight excluding hydrogens is 360 g/mol. The first-order chi connectivity index (χ1) is 11.9. The summed E-state index contributed by atoms with van der Waals surface area (Å²) >= 11 is 1.75. The minimum atomic E-state index is -3.22. The number of rotatable bonds is 5. The van der Waals surface area contributed by atoms with Crippen molar-refractivity contribution < 1.29 is 12.9 Å². The predicted octanol–water partition coefficient (Wildman–Crippen LogP) is 1.69. The van der Waals surface area contributed by atoms with Gasteiger partial charge in [-0.3, -0.25) is 4.90 Å². The van der Waals surface area contributed by atoms with E-state index in [2.05, 4.69) is 32.6 Å². The fraction of sp³-hybridized carbons (Fsp3) is 0.625. The molecule has 2 aromatic rings. The molecule has 1 unspecified atom stereocenters. The van der Waals surface area contributed by atoms with Crippen LogP contribution in [0, 0.1) is 12.3 Å². The normalized spacial score (nSPS) is 24.0. The van der Waals surface area contributed by atoms with Crippen molar-refractivity contribution >= 4 is 21.4 Å². The van der Waals surface area contributed by atoms with Crippen LogP contribution in [0.1, 0.15) is 29.4 Å². The Balaban J connectivity index is 1.56. The van der Waals surface area contributed by atoms with E-state index in [1.807, 2.05) is 0 Å². The molecule has 4 heterocycles. The minimum absolute atomic E-state index is 0.0328. The van der Waals surface area contributed by atoms with Crippen LogP contribution in [0.5, 0.6) is 0 Å². The van der Waals surface area contributed by atoms with Crippen molar-refractivity contribution in [2.45, 2.75) is 26.3 Å². The number of sulfonamides is 1. The number of aryl methyl sites for hydroxylation is 1. The predicted molar refractivity (Wildman–Crippen MR) is 94.8 cm³/mol. The summed E-state index contributed by atoms with van der Waals surface area (Å²) in [7, 11) is -3.22. The SMILES string of the molecule is CCS(=O)(=O)N1CC(c2nc(C)no2)C2(CN(Cc3cccs3)C2)C1. The van der Waals surface area contributed by atoms with E-state index >= 15 is 0 Å². The van der Waals surface area contributed by atoms with Crippen molar-refractivity contribution in [3.8, 4) is 0 Å². The van der Waals surface area contributed by atoms with Crippen LogP contribution in [0.25, 0.3) is 0 Å². The molecule has 1 atom stereocenters. The number of hydrogen-bond donors (Lipinski definition) is 0. The highest BCUT2D eigenvalue weighted by Crippen LogP contribution is 2.49. The van der Waals surface area contributed by atoms with Crippen molar-refractivity contribution in [3.05, 3.63) is 34.1 Å². The van der Waals surface area contributed by atoms with E-state index < -0.39 is 10.0 Å². The van der Waals surface area contributed by atoms with Gasteiger partial charge in [-0.2, -0.15) is 4.98 Å². The zero-order valence-corrected chi connectivity index (χ0v) is 16.0. The van der Waals surface area contributed by atoms with Crippen LogP contribution in [-0.4, -0.2) is 59.7 Å². The second kappa shape index (κ2) is 6.15. The van der Waals surface area contributed by atoms with E-state index in [0.717, 1.165) is 19.6 Å². The first kappa shape index (κ1) is 17.1. The van der Waals surface area contributed by atoms with Crippen LogP contribution >= 0.6 is 11.3 Å². The van der Waals surface area contributed by atoms with Crippen molar-refractivity contribution in [2.75, 3.05) is 31.9 Å². The summed E-state index contributed by atoms with van der Waals surface area (Å²) in [6.07, 6.45) is 0. The lowest BCUT2D eigenvalue weighted by molar-refractivity contribution is -0.0110. The van der Waals surface area contributed by atoms with Gasteiger partial charge in [-0.25, -0.2) is 12.7 Å². The third-order valence-electron chi connectivity index (χ3n) is 5.25. The molecule has 4 rings (SSSR count). The van der Waals surface area contributed by atoms with Gasteiger partial charge in [-0.05, 0) is 25.3 Å². The van der Waals surface area contributed by atoms with E-state index in [9.17, 15) is 8.42 Å². The van der Waals surface area contributed by atoms with Gasteiger partial charge in [0.25, 0.3) is 0 Å². The Labute approximate surface area is 151 Å². The van der Waals surface area contributed by atoms with Crippen molar-refractivity contribution in [2.24, 2.45) is 5.41 Å². The van der Waals surface area contributed by atoms with Crippen LogP contribution < -0.4 is 0 Å². The van der Waals surface area contributed by atoms with Gasteiger partial charge >= 0.3 is 0 Å². The second-order valence-electron chi connectivity index (χ2n) is 7.01. The first-order valence-electron chi connectivity index (χ1n) is 8.45. The monoisotopic (exact) mass is 382 g/mol. The van der Waals surface area contributed by atoms with Crippen molar-refractivity contribution in [3.63, 3.8) is 0 Å². The summed E-state index contributed by atoms with van der Waals surface area (Å²) in [4.78, 5) is 8.09. The molecule has 2 fully saturated rings. The fourth-order valence-electron chi connectivity index (χ4n) is 4.01. The molecule has 0 radical (unpaired) electrons. The summed E-state index contributed by atoms with van der Waals surface area (Å²) in [5, 5.41) is 5.99. The molecule has 2 saturated heterocycles. The van der Waals surface area contributed by atoms with Crippen molar-refractivity contribution in [1.82, 2.24) is 19.3 Å². The van der Waals surface area contributed by atoms with E-state index in [4.69, 9.17) is 4.52 Å². The average Bonchev–Trinajstić information content (AvgIpc) is 3.26. The topological polar surface area (TPSA) is 79.5 Å². The van der Waals surface area contributed by atoms with Gasteiger partial charge in [0, 0.05) is 43.0 Å². The molecule has 0 bridgehead atoms. The molecule has 0 aromatic carbocycles. The Morgan fingerprint density at radius 1 is 1.40 bits per heavy atom. The van der Waals surface area contributed by atoms with Gasteiger partial charge in [0.1, 0.15) is 0 Å². The van der Waals surface area contributed by atoms with Gasteiger partial charge in [0.2, 0.25) is 15.9 Å². The summed E-state index contributed by atoms with van der Waals surface area (Å²) < 4.78 is 31.8. The van der Waals surface area contributed by atoms with Crippen LogP contribution in [-0.2, 0) is 16.6 Å². The molecule has 7 nitrogen and oxygen atoms in total. The van der Waals surface area contributed by atoms with Gasteiger partial charge in [-0.1, -0.05) is 11.2 Å². The maximum Gasteiger partial charge on any atom is 0.231 e. The van der Waals surface area contributed by atoms with Crippen molar-refractivity contribution in [1.29, 1.82) is 0 Å². The van der Waals surface area contributed by atoms with Crippen LogP contribution in [0.15, 0.2) is 22.0 Å². The molecule has 2 aliphatic rings. The number of likely N-dealkylation sites (tertiary alicyclic amines) is 1. The lowest BCUT2D eigenvalue weighted by atomic mass is 9.71. The Kier molecular flexibility index (Phi) is 4.22. The maximum atomic E-state index is 12.4. The quantitative estimate of drug-likeness (QED) is 0.783. The molecule has 136 valence electrons. The molecular formula is C16H22N4O3S2. The standard InChI is InChI=1S/C16H22N4O3S2/c1-3-25(21,22)20-8-14(15-17-12(2)18-23-15)16(11-20)9-19(10-16)7-13-5-4-6-24-13/h4-6,14H,3,7-11H2,1-2H3. The average molecular weight is 383 g/mol. The van der Waals surface area contributed by atoms with Gasteiger partial charge < -0.3 is 4.52 Å². The van der Waals surface area contributed by atoms with Crippen LogP contribution in [0.4, 0.5) is 0 Å². The van der Waals surface area contributed by atoms with E-state index in [1.165, 1.54) is 4.88 Å². The molecule has 2 aromatic heterocycles. The Morgan fingerprint density at radius 2 is 2.20 bits per heavy atom. The van der Waals surface area contributed by atoms with Crippen LogP contribution in [0.2, 0.25) is 0 Å². The number of hydrogen-bond acceptors (Lipinski definition) is 7. The third kappa shape index (κ3) is 3.03. The number of aromatic nitrogens is 2. The first-order valence-corrected chi connectivity index (χ1v) is 10.9. The largest absolute Gasteiger partial charge is 0.339 e. The second-order valence-corrected chi connectivity index (χ2v) is 10.3. The van der Waals surface area contributed by atoms with Crippen LogP contribution in [0.3, 0.4) is 0 Å². The van der Waals surface area contributed by atoms with E-state index in [1.54, 1.807) is 29.5 Å². The number of thiophene rings is 1. The highest BCUT2D eigenvalue weighted by Gasteiger charge is 2.58. The van der Waals surface area contributed by atoms with Gasteiger partial charge in [0.05, 0.1) is 11.7 Å². The summed E-state index contributed by atoms with van der Waals surface area (Å²) in [5.74, 6) is 1.26. The molecule has 2 aliphatic heterocycles. The molecule has 0 N–H and O–H groups in total. The Hall–Kier alpha value is -1.29. The fourth-order valence-corrected chi connectivity index (χ4v) is 5.95. The molecule has 0 amide bonds. The molecule has 25 heavy (non-hydrogen) atoms. The summed E-state index contributed by atoms with van der Waals surface area (Å²) in [5.41, 5.74) is -0.127. The summed E-state index contributed by atoms with van der Waals surface area (Å²) in [6.45, 7) is 7.07. The van der Waals surface area contributed by atoms with Gasteiger partial charge in [-0.15, -0.1) is 11.3 Å². The summed E-state index contributed by atoms with van der Waals surface area (Å²) in [6, 6.07) is 4.20. The van der Waals surface area contributed by atoms with E-state index in [0.29, 0.717) is 24.8 Å². The minimum Gasteiger partial charge on any atom is -0.339 e. The third-order valence-corrected chi connectivity index (χ3v) is 7.91. The Morgan fingerprint density at radius 3 is 2.80 bits per heavy atom. The maximum absolute atomic E-state index is 12.4. The highest BCUT2D eigenvalue weighted by molar-refractivity contribution is 7.89. The zero-order valence-electron chi connectivity index (χ0n) is 14.4. The molecule has 9 heteroatoms. The lowest BCUT2D eigenvalue weighted by Crippen LogP contribution is -2.59. The smallest absolute Gasteiger partial charge is 0.231 e. The van der Waals surface area contributed by atoms with E-state index in [-0.39, 0.29) is 17.1 Å². The number of nitrogens with zero attached hydrogens (tertiary/aromatic N) is 4. The molecule has 0 saturated carbocycles.